The van der Waals surface area contributed by atoms with Crippen LogP contribution in [0.4, 0.5) is 5.69 Å². The van der Waals surface area contributed by atoms with E-state index in [-0.39, 0.29) is 17.9 Å². The number of nitro groups is 1. The normalized spacial score (nSPS) is 10.3. The van der Waals surface area contributed by atoms with Crippen LogP contribution in [-0.2, 0) is 6.42 Å². The summed E-state index contributed by atoms with van der Waals surface area (Å²) in [7, 11) is 0. The molecule has 6 heteroatoms. The zero-order valence-corrected chi connectivity index (χ0v) is 12.1. The molecule has 0 N–H and O–H groups in total. The summed E-state index contributed by atoms with van der Waals surface area (Å²) in [5, 5.41) is 12.3. The number of Topliss-reactive ketones (excluding diaryl/α,β-unsaturated/α-hetero) is 1. The van der Waals surface area contributed by atoms with Gasteiger partial charge in [-0.1, -0.05) is 12.1 Å². The fourth-order valence-corrected chi connectivity index (χ4v) is 2.83. The summed E-state index contributed by atoms with van der Waals surface area (Å²) >= 11 is 3.69. The maximum atomic E-state index is 11.9. The van der Waals surface area contributed by atoms with Gasteiger partial charge in [0, 0.05) is 29.5 Å². The maximum Gasteiger partial charge on any atom is 0.269 e. The van der Waals surface area contributed by atoms with Crippen molar-refractivity contribution in [3.05, 3.63) is 59.8 Å². The van der Waals surface area contributed by atoms with Gasteiger partial charge in [-0.15, -0.1) is 11.3 Å². The topological polar surface area (TPSA) is 60.2 Å². The Bertz CT molecular complexity index is 592. The minimum absolute atomic E-state index is 0.0306. The van der Waals surface area contributed by atoms with Crippen LogP contribution < -0.4 is 0 Å². The molecule has 0 saturated carbocycles. The van der Waals surface area contributed by atoms with E-state index in [4.69, 9.17) is 0 Å². The van der Waals surface area contributed by atoms with Crippen LogP contribution in [0.5, 0.6) is 0 Å². The Morgan fingerprint density at radius 3 is 2.50 bits per heavy atom. The first-order valence-electron chi connectivity index (χ1n) is 5.07. The highest BCUT2D eigenvalue weighted by atomic mass is 127. The molecule has 0 saturated heterocycles. The van der Waals surface area contributed by atoms with Gasteiger partial charge in [-0.3, -0.25) is 14.9 Å². The number of halogens is 1. The first-order valence-corrected chi connectivity index (χ1v) is 7.02. The van der Waals surface area contributed by atoms with Crippen LogP contribution >= 0.6 is 33.9 Å². The summed E-state index contributed by atoms with van der Waals surface area (Å²) in [6, 6.07) is 7.92. The molecule has 92 valence electrons. The average Bonchev–Trinajstić information content (AvgIpc) is 2.76. The van der Waals surface area contributed by atoms with Crippen molar-refractivity contribution < 1.29 is 9.72 Å². The summed E-state index contributed by atoms with van der Waals surface area (Å²) in [5.74, 6) is 0.0306. The van der Waals surface area contributed by atoms with Crippen LogP contribution in [0.15, 0.2) is 35.7 Å². The zero-order valence-electron chi connectivity index (χ0n) is 9.13. The van der Waals surface area contributed by atoms with Crippen molar-refractivity contribution in [3.63, 3.8) is 0 Å². The van der Waals surface area contributed by atoms with Gasteiger partial charge >= 0.3 is 0 Å². The highest BCUT2D eigenvalue weighted by molar-refractivity contribution is 14.1. The van der Waals surface area contributed by atoms with Gasteiger partial charge in [0.15, 0.2) is 5.78 Å². The van der Waals surface area contributed by atoms with E-state index < -0.39 is 4.92 Å². The minimum atomic E-state index is -0.452. The molecular formula is C12H8INO3S. The molecule has 0 unspecified atom stereocenters. The number of hydrogen-bond acceptors (Lipinski definition) is 4. The Kier molecular flexibility index (Phi) is 4.07. The molecule has 0 atom stereocenters. The van der Waals surface area contributed by atoms with Crippen molar-refractivity contribution in [2.75, 3.05) is 0 Å². The van der Waals surface area contributed by atoms with Crippen molar-refractivity contribution in [1.29, 1.82) is 0 Å². The molecule has 0 aliphatic rings. The van der Waals surface area contributed by atoms with Crippen molar-refractivity contribution in [1.82, 2.24) is 0 Å². The predicted octanol–water partition coefficient (Wildman–Crippen LogP) is 3.69. The van der Waals surface area contributed by atoms with Gasteiger partial charge in [0.1, 0.15) is 0 Å². The lowest BCUT2D eigenvalue weighted by molar-refractivity contribution is -0.384. The molecule has 1 aromatic heterocycles. The number of rotatable bonds is 4. The highest BCUT2D eigenvalue weighted by Gasteiger charge is 2.10. The van der Waals surface area contributed by atoms with Crippen LogP contribution in [0.3, 0.4) is 0 Å². The molecule has 0 aliphatic carbocycles. The number of non-ortho nitro benzene ring substituents is 1. The monoisotopic (exact) mass is 373 g/mol. The third kappa shape index (κ3) is 3.14. The predicted molar refractivity (Wildman–Crippen MR) is 78.2 cm³/mol. The van der Waals surface area contributed by atoms with Gasteiger partial charge in [-0.2, -0.15) is 0 Å². The van der Waals surface area contributed by atoms with E-state index in [2.05, 4.69) is 22.6 Å². The Labute approximate surface area is 121 Å². The molecule has 0 amide bonds. The number of benzene rings is 1. The first kappa shape index (κ1) is 13.2. The molecule has 2 rings (SSSR count). The van der Waals surface area contributed by atoms with E-state index in [1.54, 1.807) is 12.1 Å². The second-order valence-corrected chi connectivity index (χ2v) is 6.47. The van der Waals surface area contributed by atoms with Gasteiger partial charge < -0.3 is 0 Å². The third-order valence-corrected chi connectivity index (χ3v) is 4.19. The lowest BCUT2D eigenvalue weighted by Crippen LogP contribution is -2.02. The number of nitrogens with zero attached hydrogens (tertiary/aromatic N) is 1. The maximum absolute atomic E-state index is 11.9. The van der Waals surface area contributed by atoms with Gasteiger partial charge in [0.2, 0.25) is 0 Å². The Balaban J connectivity index is 2.10. The van der Waals surface area contributed by atoms with E-state index in [0.29, 0.717) is 5.56 Å². The number of carbonyl (C=O) groups excluding carboxylic acids is 1. The van der Waals surface area contributed by atoms with Gasteiger partial charge in [-0.05, 0) is 34.2 Å². The van der Waals surface area contributed by atoms with Gasteiger partial charge in [-0.25, -0.2) is 0 Å². The second-order valence-electron chi connectivity index (χ2n) is 3.66. The number of carbonyl (C=O) groups is 1. The molecule has 0 radical (unpaired) electrons. The lowest BCUT2D eigenvalue weighted by Gasteiger charge is -1.99. The Hall–Kier alpha value is -1.28. The Morgan fingerprint density at radius 2 is 2.00 bits per heavy atom. The molecule has 2 aromatic rings. The summed E-state index contributed by atoms with van der Waals surface area (Å²) in [4.78, 5) is 22.0. The standard InChI is InChI=1S/C12H8INO3S/c13-12-6-9(7-18-12)11(15)5-8-1-3-10(4-2-8)14(16)17/h1-4,6-7H,5H2. The average molecular weight is 373 g/mol. The van der Waals surface area contributed by atoms with Gasteiger partial charge in [0.05, 0.1) is 7.81 Å². The highest BCUT2D eigenvalue weighted by Crippen LogP contribution is 2.19. The molecular weight excluding hydrogens is 365 g/mol. The molecule has 0 spiro atoms. The molecule has 0 aliphatic heterocycles. The SMILES string of the molecule is O=C(Cc1ccc([N+](=O)[O-])cc1)c1csc(I)c1. The smallest absolute Gasteiger partial charge is 0.269 e. The largest absolute Gasteiger partial charge is 0.294 e. The van der Waals surface area contributed by atoms with E-state index in [1.165, 1.54) is 23.5 Å². The zero-order chi connectivity index (χ0) is 13.1. The van der Waals surface area contributed by atoms with Crippen LogP contribution in [-0.4, -0.2) is 10.7 Å². The number of thiophene rings is 1. The lowest BCUT2D eigenvalue weighted by atomic mass is 10.1. The summed E-state index contributed by atoms with van der Waals surface area (Å²) in [5.41, 5.74) is 1.52. The molecule has 0 fully saturated rings. The third-order valence-electron chi connectivity index (χ3n) is 2.40. The summed E-state index contributed by atoms with van der Waals surface area (Å²) in [6.07, 6.45) is 0.269. The second kappa shape index (κ2) is 5.57. The first-order chi connectivity index (χ1) is 8.56. The van der Waals surface area contributed by atoms with E-state index in [0.717, 1.165) is 8.45 Å². The van der Waals surface area contributed by atoms with Crippen LogP contribution in [0.2, 0.25) is 0 Å². The van der Waals surface area contributed by atoms with E-state index in [1.807, 2.05) is 11.4 Å². The number of ketones is 1. The quantitative estimate of drug-likeness (QED) is 0.356. The number of hydrogen-bond donors (Lipinski definition) is 0. The molecule has 1 aromatic carbocycles. The van der Waals surface area contributed by atoms with Crippen LogP contribution in [0, 0.1) is 13.0 Å². The van der Waals surface area contributed by atoms with Crippen molar-refractivity contribution >= 4 is 45.4 Å². The van der Waals surface area contributed by atoms with Crippen molar-refractivity contribution in [3.8, 4) is 0 Å². The van der Waals surface area contributed by atoms with Crippen molar-refractivity contribution in [2.45, 2.75) is 6.42 Å². The number of nitro benzene ring substituents is 1. The molecule has 18 heavy (non-hydrogen) atoms. The summed E-state index contributed by atoms with van der Waals surface area (Å²) in [6.45, 7) is 0. The fourth-order valence-electron chi connectivity index (χ4n) is 1.48. The fraction of sp³-hybridized carbons (Fsp3) is 0.0833. The van der Waals surface area contributed by atoms with Crippen molar-refractivity contribution in [2.24, 2.45) is 0 Å². The molecule has 1 heterocycles. The van der Waals surface area contributed by atoms with Gasteiger partial charge in [0.25, 0.3) is 5.69 Å². The molecule has 4 nitrogen and oxygen atoms in total. The minimum Gasteiger partial charge on any atom is -0.294 e. The Morgan fingerprint density at radius 1 is 1.33 bits per heavy atom. The van der Waals surface area contributed by atoms with Crippen LogP contribution in [0.25, 0.3) is 0 Å². The molecule has 0 bridgehead atoms. The van der Waals surface area contributed by atoms with Crippen LogP contribution in [0.1, 0.15) is 15.9 Å². The van der Waals surface area contributed by atoms with E-state index >= 15 is 0 Å². The van der Waals surface area contributed by atoms with E-state index in [9.17, 15) is 14.9 Å². The summed E-state index contributed by atoms with van der Waals surface area (Å²) < 4.78 is 1.07.